The van der Waals surface area contributed by atoms with Crippen LogP contribution in [0.25, 0.3) is 0 Å². The lowest BCUT2D eigenvalue weighted by molar-refractivity contribution is 0.458. The molecule has 0 radical (unpaired) electrons. The van der Waals surface area contributed by atoms with Crippen LogP contribution in [0.2, 0.25) is 0 Å². The van der Waals surface area contributed by atoms with Crippen molar-refractivity contribution in [3.63, 3.8) is 0 Å². The minimum absolute atomic E-state index is 0.112. The lowest BCUT2D eigenvalue weighted by atomic mass is 10.1. The Balaban J connectivity index is 1.94. The second kappa shape index (κ2) is 6.37. The van der Waals surface area contributed by atoms with Gasteiger partial charge in [-0.15, -0.1) is 0 Å². The molecule has 0 saturated carbocycles. The minimum Gasteiger partial charge on any atom is -0.469 e. The van der Waals surface area contributed by atoms with Crippen LogP contribution >= 0.6 is 0 Å². The van der Waals surface area contributed by atoms with E-state index in [1.54, 1.807) is 6.26 Å². The first-order valence-electron chi connectivity index (χ1n) is 6.34. The molecule has 0 saturated heterocycles. The van der Waals surface area contributed by atoms with Gasteiger partial charge in [-0.05, 0) is 25.0 Å². The second-order valence-electron chi connectivity index (χ2n) is 4.37. The van der Waals surface area contributed by atoms with Gasteiger partial charge in [-0.1, -0.05) is 6.92 Å². The number of rotatable bonds is 7. The van der Waals surface area contributed by atoms with Crippen LogP contribution in [0.1, 0.15) is 37.1 Å². The maximum absolute atomic E-state index is 5.61. The number of furan rings is 1. The smallest absolute Gasteiger partial charge is 0.103 e. The van der Waals surface area contributed by atoms with Gasteiger partial charge in [0.1, 0.15) is 5.76 Å². The molecule has 2 aromatic heterocycles. The Hall–Kier alpha value is -1.59. The van der Waals surface area contributed by atoms with Crippen LogP contribution in [0, 0.1) is 0 Å². The van der Waals surface area contributed by atoms with Gasteiger partial charge in [0.15, 0.2) is 0 Å². The number of hydrogen-bond acceptors (Lipinski definition) is 4. The van der Waals surface area contributed by atoms with Crippen LogP contribution in [0.15, 0.2) is 35.2 Å². The summed E-state index contributed by atoms with van der Waals surface area (Å²) in [6.07, 6.45) is 8.45. The van der Waals surface area contributed by atoms with E-state index in [2.05, 4.69) is 23.6 Å². The largest absolute Gasteiger partial charge is 0.469 e. The highest BCUT2D eigenvalue weighted by molar-refractivity contribution is 5.11. The Bertz CT molecular complexity index is 449. The van der Waals surface area contributed by atoms with Gasteiger partial charge in [0.05, 0.1) is 12.5 Å². The lowest BCUT2D eigenvalue weighted by Crippen LogP contribution is -2.28. The van der Waals surface area contributed by atoms with Gasteiger partial charge in [-0.2, -0.15) is 5.10 Å². The van der Waals surface area contributed by atoms with Crippen LogP contribution in [-0.2, 0) is 13.0 Å². The van der Waals surface area contributed by atoms with Crippen LogP contribution in [0.4, 0.5) is 0 Å². The molecular weight excluding hydrogens is 228 g/mol. The fourth-order valence-corrected chi connectivity index (χ4v) is 2.00. The molecule has 0 aromatic carbocycles. The molecule has 0 spiro atoms. The molecule has 0 fully saturated rings. The molecule has 5 nitrogen and oxygen atoms in total. The molecule has 1 unspecified atom stereocenters. The Morgan fingerprint density at radius 1 is 1.56 bits per heavy atom. The van der Waals surface area contributed by atoms with Gasteiger partial charge in [-0.25, -0.2) is 0 Å². The van der Waals surface area contributed by atoms with E-state index in [1.807, 2.05) is 23.0 Å². The van der Waals surface area contributed by atoms with Crippen LogP contribution in [0.5, 0.6) is 0 Å². The summed E-state index contributed by atoms with van der Waals surface area (Å²) in [6.45, 7) is 3.08. The molecule has 2 aromatic rings. The summed E-state index contributed by atoms with van der Waals surface area (Å²) in [4.78, 5) is 0. The molecule has 98 valence electrons. The number of nitrogens with two attached hydrogens (primary N) is 1. The molecule has 0 aliphatic heterocycles. The van der Waals surface area contributed by atoms with E-state index in [-0.39, 0.29) is 6.04 Å². The number of nitrogens with zero attached hydrogens (tertiary/aromatic N) is 2. The number of hydrazine groups is 1. The number of aromatic nitrogens is 2. The molecule has 0 bridgehead atoms. The number of nitrogens with one attached hydrogen (secondary N) is 1. The van der Waals surface area contributed by atoms with Crippen molar-refractivity contribution in [1.29, 1.82) is 0 Å². The Morgan fingerprint density at radius 3 is 3.11 bits per heavy atom. The van der Waals surface area contributed by atoms with Crippen molar-refractivity contribution in [2.45, 2.75) is 38.8 Å². The molecule has 1 atom stereocenters. The molecule has 2 rings (SSSR count). The average Bonchev–Trinajstić information content (AvgIpc) is 3.02. The number of hydrogen-bond donors (Lipinski definition) is 2. The molecule has 3 N–H and O–H groups in total. The standard InChI is InChI=1S/C13H20N4O/c1-2-7-17-10-11(9-15-17)13(16-14)6-5-12-4-3-8-18-12/h3-4,8-10,13,16H,2,5-7,14H2,1H3. The van der Waals surface area contributed by atoms with Crippen molar-refractivity contribution in [3.8, 4) is 0 Å². The normalized spacial score (nSPS) is 12.8. The zero-order valence-electron chi connectivity index (χ0n) is 10.7. The summed E-state index contributed by atoms with van der Waals surface area (Å²) in [6, 6.07) is 3.99. The monoisotopic (exact) mass is 248 g/mol. The van der Waals surface area contributed by atoms with Crippen molar-refractivity contribution < 1.29 is 4.42 Å². The van der Waals surface area contributed by atoms with Crippen molar-refractivity contribution >= 4 is 0 Å². The predicted molar refractivity (Wildman–Crippen MR) is 69.6 cm³/mol. The fraction of sp³-hybridized carbons (Fsp3) is 0.462. The van der Waals surface area contributed by atoms with Crippen LogP contribution in [-0.4, -0.2) is 9.78 Å². The summed E-state index contributed by atoms with van der Waals surface area (Å²) in [5, 5.41) is 4.32. The molecular formula is C13H20N4O. The number of aryl methyl sites for hydroxylation is 2. The highest BCUT2D eigenvalue weighted by atomic mass is 16.3. The molecule has 0 aliphatic rings. The van der Waals surface area contributed by atoms with E-state index < -0.39 is 0 Å². The highest BCUT2D eigenvalue weighted by Gasteiger charge is 2.12. The Morgan fingerprint density at radius 2 is 2.44 bits per heavy atom. The van der Waals surface area contributed by atoms with E-state index in [4.69, 9.17) is 10.3 Å². The summed E-state index contributed by atoms with van der Waals surface area (Å²) in [5.74, 6) is 6.59. The predicted octanol–water partition coefficient (Wildman–Crippen LogP) is 2.02. The topological polar surface area (TPSA) is 69.0 Å². The van der Waals surface area contributed by atoms with E-state index in [0.29, 0.717) is 0 Å². The van der Waals surface area contributed by atoms with Gasteiger partial charge in [-0.3, -0.25) is 16.0 Å². The molecule has 5 heteroatoms. The first-order valence-corrected chi connectivity index (χ1v) is 6.34. The van der Waals surface area contributed by atoms with E-state index in [9.17, 15) is 0 Å². The summed E-state index contributed by atoms with van der Waals surface area (Å²) in [7, 11) is 0. The van der Waals surface area contributed by atoms with Crippen LogP contribution in [0.3, 0.4) is 0 Å². The highest BCUT2D eigenvalue weighted by Crippen LogP contribution is 2.18. The third-order valence-corrected chi connectivity index (χ3v) is 2.97. The van der Waals surface area contributed by atoms with E-state index >= 15 is 0 Å². The SMILES string of the molecule is CCCn1cc(C(CCc2ccco2)NN)cn1. The zero-order chi connectivity index (χ0) is 12.8. The van der Waals surface area contributed by atoms with E-state index in [0.717, 1.165) is 37.1 Å². The summed E-state index contributed by atoms with van der Waals surface area (Å²) < 4.78 is 7.27. The van der Waals surface area contributed by atoms with E-state index in [1.165, 1.54) is 0 Å². The molecule has 2 heterocycles. The second-order valence-corrected chi connectivity index (χ2v) is 4.37. The lowest BCUT2D eigenvalue weighted by Gasteiger charge is -2.12. The third kappa shape index (κ3) is 3.21. The Kier molecular flexibility index (Phi) is 4.55. The Labute approximate surface area is 107 Å². The summed E-state index contributed by atoms with van der Waals surface area (Å²) in [5.41, 5.74) is 3.96. The maximum atomic E-state index is 5.61. The van der Waals surface area contributed by atoms with Crippen molar-refractivity contribution in [2.24, 2.45) is 5.84 Å². The first kappa shape index (κ1) is 12.9. The molecule has 0 aliphatic carbocycles. The van der Waals surface area contributed by atoms with Gasteiger partial charge < -0.3 is 4.42 Å². The van der Waals surface area contributed by atoms with Gasteiger partial charge >= 0.3 is 0 Å². The van der Waals surface area contributed by atoms with Gasteiger partial charge in [0.25, 0.3) is 0 Å². The van der Waals surface area contributed by atoms with Gasteiger partial charge in [0, 0.05) is 30.8 Å². The third-order valence-electron chi connectivity index (χ3n) is 2.97. The maximum Gasteiger partial charge on any atom is 0.103 e. The van der Waals surface area contributed by atoms with Crippen molar-refractivity contribution in [1.82, 2.24) is 15.2 Å². The first-order chi connectivity index (χ1) is 8.83. The minimum atomic E-state index is 0.112. The zero-order valence-corrected chi connectivity index (χ0v) is 10.7. The van der Waals surface area contributed by atoms with Crippen LogP contribution < -0.4 is 11.3 Å². The fourth-order valence-electron chi connectivity index (χ4n) is 2.00. The van der Waals surface area contributed by atoms with Gasteiger partial charge in [0.2, 0.25) is 0 Å². The quantitative estimate of drug-likeness (QED) is 0.581. The average molecular weight is 248 g/mol. The molecule has 0 amide bonds. The van der Waals surface area contributed by atoms with Crippen molar-refractivity contribution in [3.05, 3.63) is 42.1 Å². The summed E-state index contributed by atoms with van der Waals surface area (Å²) >= 11 is 0. The van der Waals surface area contributed by atoms with Crippen molar-refractivity contribution in [2.75, 3.05) is 0 Å². The molecule has 18 heavy (non-hydrogen) atoms.